The quantitative estimate of drug-likeness (QED) is 0.544. The van der Waals surface area contributed by atoms with Crippen LogP contribution in [0.4, 0.5) is 0 Å². The number of aromatic nitrogens is 2. The first-order valence-corrected chi connectivity index (χ1v) is 11.2. The van der Waals surface area contributed by atoms with Crippen molar-refractivity contribution in [2.45, 2.75) is 19.9 Å². The van der Waals surface area contributed by atoms with Gasteiger partial charge in [-0.25, -0.2) is 0 Å². The molecular formula is C26H30N4O2. The number of pyridine rings is 2. The van der Waals surface area contributed by atoms with Crippen molar-refractivity contribution in [2.75, 3.05) is 39.4 Å². The summed E-state index contributed by atoms with van der Waals surface area (Å²) in [6.07, 6.45) is 4.46. The standard InChI is InChI=1S/C26H30N4O2/c1-21-24(8-9-25(28-21)23-6-3-2-4-7-23)26(31)30(20-22-10-12-27-13-11-22)15-5-14-29-16-18-32-19-17-29/h2-4,6-13H,5,14-20H2,1H3. The summed E-state index contributed by atoms with van der Waals surface area (Å²) in [4.78, 5) is 26.7. The molecule has 0 unspecified atom stereocenters. The smallest absolute Gasteiger partial charge is 0.255 e. The average Bonchev–Trinajstić information content (AvgIpc) is 2.85. The predicted molar refractivity (Wildman–Crippen MR) is 125 cm³/mol. The summed E-state index contributed by atoms with van der Waals surface area (Å²) in [7, 11) is 0. The molecule has 1 amide bonds. The lowest BCUT2D eigenvalue weighted by molar-refractivity contribution is 0.0355. The third-order valence-electron chi connectivity index (χ3n) is 5.80. The van der Waals surface area contributed by atoms with Gasteiger partial charge in [0.2, 0.25) is 0 Å². The molecule has 0 aliphatic carbocycles. The van der Waals surface area contributed by atoms with E-state index in [2.05, 4.69) is 9.88 Å². The number of nitrogens with zero attached hydrogens (tertiary/aromatic N) is 4. The number of hydrogen-bond donors (Lipinski definition) is 0. The van der Waals surface area contributed by atoms with E-state index in [1.165, 1.54) is 0 Å². The van der Waals surface area contributed by atoms with Crippen molar-refractivity contribution in [3.05, 3.63) is 83.8 Å². The van der Waals surface area contributed by atoms with Crippen LogP contribution < -0.4 is 0 Å². The minimum Gasteiger partial charge on any atom is -0.379 e. The van der Waals surface area contributed by atoms with Crippen LogP contribution >= 0.6 is 0 Å². The summed E-state index contributed by atoms with van der Waals surface area (Å²) in [6, 6.07) is 17.8. The summed E-state index contributed by atoms with van der Waals surface area (Å²) in [5, 5.41) is 0. The molecule has 166 valence electrons. The fourth-order valence-electron chi connectivity index (χ4n) is 4.00. The Bertz CT molecular complexity index is 1000. The van der Waals surface area contributed by atoms with Gasteiger partial charge >= 0.3 is 0 Å². The second-order valence-corrected chi connectivity index (χ2v) is 8.09. The highest BCUT2D eigenvalue weighted by Gasteiger charge is 2.20. The van der Waals surface area contributed by atoms with Gasteiger partial charge in [0.15, 0.2) is 0 Å². The molecule has 1 aliphatic rings. The van der Waals surface area contributed by atoms with Crippen LogP contribution in [-0.2, 0) is 11.3 Å². The Morgan fingerprint density at radius 2 is 1.78 bits per heavy atom. The number of hydrogen-bond acceptors (Lipinski definition) is 5. The van der Waals surface area contributed by atoms with Gasteiger partial charge in [0.05, 0.1) is 30.2 Å². The van der Waals surface area contributed by atoms with Gasteiger partial charge in [0.1, 0.15) is 0 Å². The zero-order valence-electron chi connectivity index (χ0n) is 18.6. The second kappa shape index (κ2) is 11.0. The molecule has 0 atom stereocenters. The Kier molecular flexibility index (Phi) is 7.59. The number of carbonyl (C=O) groups is 1. The Hall–Kier alpha value is -3.09. The zero-order chi connectivity index (χ0) is 22.2. The lowest BCUT2D eigenvalue weighted by Gasteiger charge is -2.28. The molecule has 1 fully saturated rings. The molecule has 0 spiro atoms. The van der Waals surface area contributed by atoms with Crippen molar-refractivity contribution in [1.82, 2.24) is 19.8 Å². The fourth-order valence-corrected chi connectivity index (χ4v) is 4.00. The highest BCUT2D eigenvalue weighted by atomic mass is 16.5. The lowest BCUT2D eigenvalue weighted by Crippen LogP contribution is -2.39. The molecule has 32 heavy (non-hydrogen) atoms. The highest BCUT2D eigenvalue weighted by molar-refractivity contribution is 5.95. The normalized spacial score (nSPS) is 14.3. The summed E-state index contributed by atoms with van der Waals surface area (Å²) < 4.78 is 5.44. The first kappa shape index (κ1) is 22.1. The minimum absolute atomic E-state index is 0.0217. The molecule has 1 aromatic carbocycles. The lowest BCUT2D eigenvalue weighted by atomic mass is 10.1. The summed E-state index contributed by atoms with van der Waals surface area (Å²) >= 11 is 0. The molecular weight excluding hydrogens is 400 g/mol. The monoisotopic (exact) mass is 430 g/mol. The van der Waals surface area contributed by atoms with Crippen LogP contribution in [0.5, 0.6) is 0 Å². The van der Waals surface area contributed by atoms with Gasteiger partial charge in [-0.3, -0.25) is 19.7 Å². The number of carbonyl (C=O) groups excluding carboxylic acids is 1. The van der Waals surface area contributed by atoms with E-state index in [0.717, 1.165) is 61.8 Å². The maximum atomic E-state index is 13.5. The fraction of sp³-hybridized carbons (Fsp3) is 0.346. The summed E-state index contributed by atoms with van der Waals surface area (Å²) in [6.45, 7) is 7.63. The predicted octanol–water partition coefficient (Wildman–Crippen LogP) is 3.82. The van der Waals surface area contributed by atoms with Gasteiger partial charge in [0, 0.05) is 50.7 Å². The first-order chi connectivity index (χ1) is 15.7. The number of morpholine rings is 1. The number of rotatable bonds is 8. The number of amides is 1. The Balaban J connectivity index is 1.49. The van der Waals surface area contributed by atoms with E-state index in [0.29, 0.717) is 18.7 Å². The van der Waals surface area contributed by atoms with E-state index in [9.17, 15) is 4.79 Å². The highest BCUT2D eigenvalue weighted by Crippen LogP contribution is 2.20. The van der Waals surface area contributed by atoms with E-state index < -0.39 is 0 Å². The van der Waals surface area contributed by atoms with E-state index in [-0.39, 0.29) is 5.91 Å². The van der Waals surface area contributed by atoms with E-state index in [4.69, 9.17) is 9.72 Å². The van der Waals surface area contributed by atoms with E-state index >= 15 is 0 Å². The van der Waals surface area contributed by atoms with Crippen LogP contribution in [0.15, 0.2) is 67.0 Å². The number of aryl methyl sites for hydroxylation is 1. The summed E-state index contributed by atoms with van der Waals surface area (Å²) in [5.74, 6) is 0.0217. The van der Waals surface area contributed by atoms with Gasteiger partial charge in [-0.05, 0) is 43.2 Å². The topological polar surface area (TPSA) is 58.6 Å². The van der Waals surface area contributed by atoms with Crippen molar-refractivity contribution in [2.24, 2.45) is 0 Å². The SMILES string of the molecule is Cc1nc(-c2ccccc2)ccc1C(=O)N(CCCN1CCOCC1)Cc1ccncc1. The van der Waals surface area contributed by atoms with Crippen LogP contribution in [0.25, 0.3) is 11.3 Å². The van der Waals surface area contributed by atoms with Crippen molar-refractivity contribution >= 4 is 5.91 Å². The van der Waals surface area contributed by atoms with Crippen LogP contribution in [0.2, 0.25) is 0 Å². The number of ether oxygens (including phenoxy) is 1. The van der Waals surface area contributed by atoms with Crippen molar-refractivity contribution in [3.8, 4) is 11.3 Å². The molecule has 0 N–H and O–H groups in total. The van der Waals surface area contributed by atoms with Gasteiger partial charge in [-0.15, -0.1) is 0 Å². The molecule has 6 heteroatoms. The molecule has 0 bridgehead atoms. The molecule has 3 heterocycles. The van der Waals surface area contributed by atoms with E-state index in [1.54, 1.807) is 12.4 Å². The van der Waals surface area contributed by atoms with Crippen LogP contribution in [0.1, 0.15) is 28.0 Å². The Morgan fingerprint density at radius 1 is 1.03 bits per heavy atom. The molecule has 6 nitrogen and oxygen atoms in total. The maximum absolute atomic E-state index is 13.5. The number of benzene rings is 1. The van der Waals surface area contributed by atoms with Gasteiger partial charge in [-0.1, -0.05) is 30.3 Å². The Morgan fingerprint density at radius 3 is 2.50 bits per heavy atom. The third kappa shape index (κ3) is 5.78. The average molecular weight is 431 g/mol. The zero-order valence-corrected chi connectivity index (χ0v) is 18.6. The Labute approximate surface area is 189 Å². The van der Waals surface area contributed by atoms with Gasteiger partial charge in [-0.2, -0.15) is 0 Å². The molecule has 2 aromatic heterocycles. The third-order valence-corrected chi connectivity index (χ3v) is 5.80. The molecule has 0 saturated carbocycles. The second-order valence-electron chi connectivity index (χ2n) is 8.09. The molecule has 1 saturated heterocycles. The molecule has 4 rings (SSSR count). The molecule has 1 aliphatic heterocycles. The first-order valence-electron chi connectivity index (χ1n) is 11.2. The molecule has 0 radical (unpaired) electrons. The summed E-state index contributed by atoms with van der Waals surface area (Å²) in [5.41, 5.74) is 4.42. The minimum atomic E-state index is 0.0217. The van der Waals surface area contributed by atoms with Gasteiger partial charge in [0.25, 0.3) is 5.91 Å². The van der Waals surface area contributed by atoms with Crippen LogP contribution in [0.3, 0.4) is 0 Å². The van der Waals surface area contributed by atoms with Crippen LogP contribution in [0, 0.1) is 6.92 Å². The van der Waals surface area contributed by atoms with Gasteiger partial charge < -0.3 is 9.64 Å². The van der Waals surface area contributed by atoms with Crippen molar-refractivity contribution in [1.29, 1.82) is 0 Å². The molecule has 3 aromatic rings. The maximum Gasteiger partial charge on any atom is 0.255 e. The van der Waals surface area contributed by atoms with E-state index in [1.807, 2.05) is 66.4 Å². The largest absolute Gasteiger partial charge is 0.379 e. The van der Waals surface area contributed by atoms with Crippen LogP contribution in [-0.4, -0.2) is 65.1 Å². The van der Waals surface area contributed by atoms with Crippen molar-refractivity contribution < 1.29 is 9.53 Å². The van der Waals surface area contributed by atoms with Crippen molar-refractivity contribution in [3.63, 3.8) is 0 Å².